The first-order chi connectivity index (χ1) is 17.6. The molecule has 0 aliphatic carbocycles. The van der Waals surface area contributed by atoms with E-state index in [1.54, 1.807) is 25.3 Å². The van der Waals surface area contributed by atoms with Gasteiger partial charge in [0.1, 0.15) is 0 Å². The molecule has 204 valence electrons. The summed E-state index contributed by atoms with van der Waals surface area (Å²) < 4.78 is 78.4. The molecule has 0 saturated carbocycles. The van der Waals surface area contributed by atoms with Crippen molar-refractivity contribution in [2.75, 3.05) is 0 Å². The fraction of sp³-hybridized carbons (Fsp3) is 0.367. The van der Waals surface area contributed by atoms with E-state index in [1.807, 2.05) is 33.9 Å². The van der Waals surface area contributed by atoms with Crippen LogP contribution < -0.4 is 0 Å². The molecule has 2 nitrogen and oxygen atoms in total. The van der Waals surface area contributed by atoms with Crippen LogP contribution in [0.15, 0.2) is 60.9 Å². The number of nitrogens with zero attached hydrogens (tertiary/aromatic N) is 1. The highest BCUT2D eigenvalue weighted by Gasteiger charge is 2.68. The first kappa shape index (κ1) is 29.4. The third-order valence-electron chi connectivity index (χ3n) is 7.36. The lowest BCUT2D eigenvalue weighted by Crippen LogP contribution is -2.55. The second-order valence-electron chi connectivity index (χ2n) is 9.74. The van der Waals surface area contributed by atoms with Crippen LogP contribution in [0, 0.1) is 20.8 Å². The van der Waals surface area contributed by atoms with E-state index in [4.69, 9.17) is 0 Å². The van der Waals surface area contributed by atoms with Crippen LogP contribution in [0.3, 0.4) is 0 Å². The number of hydrogen-bond acceptors (Lipinski definition) is 2. The molecule has 1 aromatic heterocycles. The predicted octanol–water partition coefficient (Wildman–Crippen LogP) is 8.65. The zero-order valence-corrected chi connectivity index (χ0v) is 21.9. The van der Waals surface area contributed by atoms with E-state index >= 15 is 0 Å². The Morgan fingerprint density at radius 1 is 0.763 bits per heavy atom. The third-order valence-corrected chi connectivity index (χ3v) is 7.36. The second kappa shape index (κ2) is 10.6. The molecule has 3 aromatic rings. The Morgan fingerprint density at radius 2 is 1.32 bits per heavy atom. The Balaban J connectivity index is 2.04. The zero-order chi connectivity index (χ0) is 28.5. The van der Waals surface area contributed by atoms with Crippen molar-refractivity contribution in [1.82, 2.24) is 4.98 Å². The Kier molecular flexibility index (Phi) is 8.18. The van der Waals surface area contributed by atoms with Crippen LogP contribution in [0.2, 0.25) is 0 Å². The van der Waals surface area contributed by atoms with E-state index in [1.165, 1.54) is 6.07 Å². The van der Waals surface area contributed by atoms with E-state index in [9.17, 15) is 31.4 Å². The monoisotopic (exact) mass is 535 g/mol. The van der Waals surface area contributed by atoms with Crippen molar-refractivity contribution < 1.29 is 31.4 Å². The molecule has 38 heavy (non-hydrogen) atoms. The van der Waals surface area contributed by atoms with Crippen molar-refractivity contribution in [1.29, 1.82) is 0 Å². The van der Waals surface area contributed by atoms with E-state index in [0.717, 1.165) is 46.2 Å². The fourth-order valence-corrected chi connectivity index (χ4v) is 4.94. The molecule has 0 bridgehead atoms. The molecule has 0 saturated heterocycles. The minimum atomic E-state index is -5.91. The van der Waals surface area contributed by atoms with Gasteiger partial charge in [-0.1, -0.05) is 56.3 Å². The molecule has 0 atom stereocenters. The number of halogens is 6. The lowest BCUT2D eigenvalue weighted by molar-refractivity contribution is -0.347. The molecule has 3 rings (SSSR count). The van der Waals surface area contributed by atoms with Crippen LogP contribution in [0.5, 0.6) is 0 Å². The third kappa shape index (κ3) is 5.37. The number of aryl methyl sites for hydroxylation is 3. The maximum absolute atomic E-state index is 13.1. The highest BCUT2D eigenvalue weighted by atomic mass is 19.4. The van der Waals surface area contributed by atoms with Gasteiger partial charge in [-0.2, -0.15) is 26.3 Å². The van der Waals surface area contributed by atoms with Gasteiger partial charge in [0.05, 0.1) is 0 Å². The normalized spacial score (nSPS) is 13.4. The first-order valence-corrected chi connectivity index (χ1v) is 12.3. The summed E-state index contributed by atoms with van der Waals surface area (Å²) in [6, 6.07) is 13.3. The predicted molar refractivity (Wildman–Crippen MR) is 138 cm³/mol. The Morgan fingerprint density at radius 3 is 1.79 bits per heavy atom. The number of pyridine rings is 1. The fourth-order valence-electron chi connectivity index (χ4n) is 4.94. The van der Waals surface area contributed by atoms with E-state index in [-0.39, 0.29) is 11.6 Å². The van der Waals surface area contributed by atoms with Gasteiger partial charge in [-0.15, -0.1) is 0 Å². The van der Waals surface area contributed by atoms with Gasteiger partial charge in [-0.05, 0) is 84.7 Å². The van der Waals surface area contributed by atoms with Crippen LogP contribution in [0.1, 0.15) is 60.1 Å². The zero-order valence-electron chi connectivity index (χ0n) is 21.9. The molecule has 2 aromatic carbocycles. The lowest BCUT2D eigenvalue weighted by Gasteiger charge is -2.34. The van der Waals surface area contributed by atoms with Gasteiger partial charge in [0.25, 0.3) is 5.60 Å². The van der Waals surface area contributed by atoms with Gasteiger partial charge >= 0.3 is 12.4 Å². The molecule has 0 unspecified atom stereocenters. The van der Waals surface area contributed by atoms with Crippen molar-refractivity contribution in [3.63, 3.8) is 0 Å². The maximum Gasteiger partial charge on any atom is 0.430 e. The van der Waals surface area contributed by atoms with Crippen LogP contribution in [0.25, 0.3) is 17.2 Å². The minimum absolute atomic E-state index is 0.153. The molecule has 1 heterocycles. The lowest BCUT2D eigenvalue weighted by atomic mass is 9.69. The molecule has 0 amide bonds. The molecule has 0 radical (unpaired) electrons. The summed E-state index contributed by atoms with van der Waals surface area (Å²) in [5.74, 6) is 0. The van der Waals surface area contributed by atoms with Crippen molar-refractivity contribution >= 4 is 6.08 Å². The Labute approximate surface area is 219 Å². The minimum Gasteiger partial charge on any atom is -0.370 e. The van der Waals surface area contributed by atoms with Crippen LogP contribution >= 0.6 is 0 Å². The van der Waals surface area contributed by atoms with Crippen molar-refractivity contribution in [3.8, 4) is 11.1 Å². The molecular formula is C30H31F6NO. The maximum atomic E-state index is 13.1. The number of aromatic nitrogens is 1. The highest BCUT2D eigenvalue weighted by Crippen LogP contribution is 2.45. The Hall–Kier alpha value is -3.13. The van der Waals surface area contributed by atoms with Crippen molar-refractivity contribution in [2.45, 2.75) is 70.8 Å². The van der Waals surface area contributed by atoms with Gasteiger partial charge in [-0.3, -0.25) is 4.98 Å². The highest BCUT2D eigenvalue weighted by molar-refractivity contribution is 5.68. The summed E-state index contributed by atoms with van der Waals surface area (Å²) >= 11 is 0. The standard InChI is InChI=1S/C30H31F6NO/c1-6-27(7-2,25-10-11-26(21(5)16-25)23-14-19(3)17-37-18-23)24-9-8-22(20(4)15-24)12-13-28(38,29(31,32)33)30(34,35)36/h8-18,38H,6-7H2,1-5H3. The molecule has 0 fully saturated rings. The summed E-state index contributed by atoms with van der Waals surface area (Å²) in [6.07, 6.45) is -6.31. The van der Waals surface area contributed by atoms with Crippen molar-refractivity contribution in [2.24, 2.45) is 0 Å². The van der Waals surface area contributed by atoms with Gasteiger partial charge in [0.2, 0.25) is 0 Å². The molecule has 1 N–H and O–H groups in total. The summed E-state index contributed by atoms with van der Waals surface area (Å²) in [5, 5.41) is 9.45. The van der Waals surface area contributed by atoms with Crippen LogP contribution in [-0.4, -0.2) is 28.0 Å². The molecule has 0 spiro atoms. The van der Waals surface area contributed by atoms with Gasteiger partial charge in [-0.25, -0.2) is 0 Å². The number of benzene rings is 2. The molecule has 0 aliphatic heterocycles. The number of aliphatic hydroxyl groups is 1. The Bertz CT molecular complexity index is 1310. The van der Waals surface area contributed by atoms with E-state index < -0.39 is 23.4 Å². The first-order valence-electron chi connectivity index (χ1n) is 12.3. The molecule has 8 heteroatoms. The largest absolute Gasteiger partial charge is 0.430 e. The average molecular weight is 536 g/mol. The molecule has 0 aliphatic rings. The molecular weight excluding hydrogens is 504 g/mol. The summed E-state index contributed by atoms with van der Waals surface area (Å²) in [7, 11) is 0. The van der Waals surface area contributed by atoms with Crippen LogP contribution in [0.4, 0.5) is 26.3 Å². The quantitative estimate of drug-likeness (QED) is 0.307. The van der Waals surface area contributed by atoms with Gasteiger partial charge < -0.3 is 5.11 Å². The number of hydrogen-bond donors (Lipinski definition) is 1. The number of alkyl halides is 6. The topological polar surface area (TPSA) is 33.1 Å². The summed E-state index contributed by atoms with van der Waals surface area (Å²) in [5.41, 5.74) is 1.46. The van der Waals surface area contributed by atoms with E-state index in [0.29, 0.717) is 11.6 Å². The van der Waals surface area contributed by atoms with Gasteiger partial charge in [0, 0.05) is 23.4 Å². The summed E-state index contributed by atoms with van der Waals surface area (Å²) in [6.45, 7) is 9.73. The van der Waals surface area contributed by atoms with Crippen LogP contribution in [-0.2, 0) is 5.41 Å². The SMILES string of the molecule is CCC(CC)(c1ccc(C=CC(O)(C(F)(F)F)C(F)(F)F)c(C)c1)c1ccc(-c2cncc(C)c2)c(C)c1. The van der Waals surface area contributed by atoms with E-state index in [2.05, 4.69) is 29.2 Å². The summed E-state index contributed by atoms with van der Waals surface area (Å²) in [4.78, 5) is 4.28. The average Bonchev–Trinajstić information content (AvgIpc) is 2.83. The van der Waals surface area contributed by atoms with Crippen molar-refractivity contribution in [3.05, 3.63) is 94.3 Å². The second-order valence-corrected chi connectivity index (χ2v) is 9.74. The van der Waals surface area contributed by atoms with Gasteiger partial charge in [0.15, 0.2) is 0 Å². The number of rotatable bonds is 7. The smallest absolute Gasteiger partial charge is 0.370 e.